The van der Waals surface area contributed by atoms with Gasteiger partial charge in [0.1, 0.15) is 11.3 Å². The van der Waals surface area contributed by atoms with Crippen molar-refractivity contribution in [2.24, 2.45) is 5.92 Å². The second kappa shape index (κ2) is 7.01. The third-order valence-electron chi connectivity index (χ3n) is 4.13. The molecule has 124 valence electrons. The van der Waals surface area contributed by atoms with Crippen LogP contribution in [-0.2, 0) is 10.3 Å². The van der Waals surface area contributed by atoms with Gasteiger partial charge in [-0.15, -0.1) is 0 Å². The summed E-state index contributed by atoms with van der Waals surface area (Å²) in [6.45, 7) is 1.61. The van der Waals surface area contributed by atoms with Crippen molar-refractivity contribution < 1.29 is 14.3 Å². The molecule has 1 saturated heterocycles. The lowest BCUT2D eigenvalue weighted by Gasteiger charge is -2.23. The molecule has 0 saturated carbocycles. The van der Waals surface area contributed by atoms with Crippen molar-refractivity contribution in [1.82, 2.24) is 10.2 Å². The predicted molar refractivity (Wildman–Crippen MR) is 84.5 cm³/mol. The van der Waals surface area contributed by atoms with Crippen LogP contribution in [-0.4, -0.2) is 30.5 Å². The molecular formula is C17H18N4O3. The van der Waals surface area contributed by atoms with Crippen molar-refractivity contribution in [3.63, 3.8) is 0 Å². The third kappa shape index (κ3) is 3.16. The molecule has 1 fully saturated rings. The Labute approximate surface area is 140 Å². The smallest absolute Gasteiger partial charge is 0.325 e. The molecule has 1 aliphatic heterocycles. The van der Waals surface area contributed by atoms with E-state index in [1.807, 2.05) is 12.1 Å². The monoisotopic (exact) mass is 326 g/mol. The lowest BCUT2D eigenvalue weighted by atomic mass is 9.91. The molecule has 0 aromatic heterocycles. The zero-order chi connectivity index (χ0) is 17.7. The van der Waals surface area contributed by atoms with Gasteiger partial charge in [-0.25, -0.2) is 4.79 Å². The van der Waals surface area contributed by atoms with E-state index in [2.05, 4.69) is 5.32 Å². The molecule has 7 heteroatoms. The molecular weight excluding hydrogens is 308 g/mol. The number of amides is 3. The van der Waals surface area contributed by atoms with E-state index in [9.17, 15) is 9.59 Å². The largest absolute Gasteiger partial charge is 0.497 e. The highest BCUT2D eigenvalue weighted by Crippen LogP contribution is 2.30. The molecule has 2 atom stereocenters. The topological polar surface area (TPSA) is 106 Å². The number of methoxy groups -OCH3 is 1. The lowest BCUT2D eigenvalue weighted by Crippen LogP contribution is -2.41. The Balaban J connectivity index is 2.20. The first-order valence-corrected chi connectivity index (χ1v) is 7.51. The third-order valence-corrected chi connectivity index (χ3v) is 4.13. The molecule has 0 radical (unpaired) electrons. The van der Waals surface area contributed by atoms with Crippen LogP contribution < -0.4 is 10.1 Å². The molecule has 0 spiro atoms. The highest BCUT2D eigenvalue weighted by atomic mass is 16.5. The molecule has 1 aromatic rings. The summed E-state index contributed by atoms with van der Waals surface area (Å²) in [6.07, 6.45) is 0.529. The number of carbonyl (C=O) groups is 2. The Morgan fingerprint density at radius 2 is 1.96 bits per heavy atom. The molecule has 0 unspecified atom stereocenters. The van der Waals surface area contributed by atoms with Gasteiger partial charge in [0, 0.05) is 13.0 Å². The lowest BCUT2D eigenvalue weighted by molar-refractivity contribution is -0.131. The fourth-order valence-corrected chi connectivity index (χ4v) is 2.64. The van der Waals surface area contributed by atoms with Crippen LogP contribution in [0.4, 0.5) is 4.79 Å². The van der Waals surface area contributed by atoms with Gasteiger partial charge in [-0.2, -0.15) is 10.5 Å². The number of urea groups is 1. The molecule has 0 bridgehead atoms. The number of imide groups is 1. The summed E-state index contributed by atoms with van der Waals surface area (Å²) in [5.41, 5.74) is -0.548. The average Bonchev–Trinajstić information content (AvgIpc) is 2.82. The standard InChI is InChI=1S/C17H18N4O3/c1-17(13-5-7-14(24-2)8-6-13)15(22)21(16(23)20-17)11-12(10-19)4-3-9-18/h5-8,12H,3-4,11H2,1-2H3,(H,20,23)/t12-,17-/m0/s1. The highest BCUT2D eigenvalue weighted by Gasteiger charge is 2.49. The second-order valence-corrected chi connectivity index (χ2v) is 5.72. The van der Waals surface area contributed by atoms with E-state index < -0.39 is 23.4 Å². The van der Waals surface area contributed by atoms with E-state index in [0.717, 1.165) is 4.90 Å². The Morgan fingerprint density at radius 3 is 2.50 bits per heavy atom. The number of benzene rings is 1. The molecule has 7 nitrogen and oxygen atoms in total. The van der Waals surface area contributed by atoms with E-state index in [1.165, 1.54) is 0 Å². The maximum absolute atomic E-state index is 12.8. The van der Waals surface area contributed by atoms with Crippen molar-refractivity contribution in [3.8, 4) is 17.9 Å². The van der Waals surface area contributed by atoms with Crippen LogP contribution in [0.5, 0.6) is 5.75 Å². The first-order valence-electron chi connectivity index (χ1n) is 7.51. The Morgan fingerprint density at radius 1 is 1.29 bits per heavy atom. The second-order valence-electron chi connectivity index (χ2n) is 5.72. The summed E-state index contributed by atoms with van der Waals surface area (Å²) in [5.74, 6) is -0.315. The Bertz CT molecular complexity index is 717. The van der Waals surface area contributed by atoms with Crippen LogP contribution in [0.15, 0.2) is 24.3 Å². The van der Waals surface area contributed by atoms with E-state index in [1.54, 1.807) is 38.3 Å². The van der Waals surface area contributed by atoms with Crippen molar-refractivity contribution in [1.29, 1.82) is 10.5 Å². The fraction of sp³-hybridized carbons (Fsp3) is 0.412. The van der Waals surface area contributed by atoms with Crippen LogP contribution in [0.3, 0.4) is 0 Å². The van der Waals surface area contributed by atoms with Crippen LogP contribution >= 0.6 is 0 Å². The number of ether oxygens (including phenoxy) is 1. The summed E-state index contributed by atoms with van der Waals surface area (Å²) in [7, 11) is 1.55. The van der Waals surface area contributed by atoms with Gasteiger partial charge in [-0.05, 0) is 31.0 Å². The molecule has 1 aliphatic rings. The molecule has 1 heterocycles. The van der Waals surface area contributed by atoms with Crippen molar-refractivity contribution in [2.45, 2.75) is 25.3 Å². The summed E-state index contributed by atoms with van der Waals surface area (Å²) in [5, 5.41) is 20.5. The first kappa shape index (κ1) is 17.3. The van der Waals surface area contributed by atoms with Gasteiger partial charge < -0.3 is 10.1 Å². The summed E-state index contributed by atoms with van der Waals surface area (Å²) < 4.78 is 5.09. The van der Waals surface area contributed by atoms with Crippen molar-refractivity contribution in [3.05, 3.63) is 29.8 Å². The van der Waals surface area contributed by atoms with E-state index in [0.29, 0.717) is 17.7 Å². The Kier molecular flexibility index (Phi) is 5.05. The highest BCUT2D eigenvalue weighted by molar-refractivity contribution is 6.07. The minimum atomic E-state index is -1.18. The first-order chi connectivity index (χ1) is 11.5. The summed E-state index contributed by atoms with van der Waals surface area (Å²) in [6, 6.07) is 10.4. The maximum Gasteiger partial charge on any atom is 0.325 e. The van der Waals surface area contributed by atoms with Crippen LogP contribution in [0.25, 0.3) is 0 Å². The number of rotatable bonds is 6. The fourth-order valence-electron chi connectivity index (χ4n) is 2.64. The van der Waals surface area contributed by atoms with Crippen LogP contribution in [0, 0.1) is 28.6 Å². The van der Waals surface area contributed by atoms with Crippen LogP contribution in [0.1, 0.15) is 25.3 Å². The average molecular weight is 326 g/mol. The summed E-state index contributed by atoms with van der Waals surface area (Å²) in [4.78, 5) is 26.0. The number of nitrogens with one attached hydrogen (secondary N) is 1. The molecule has 1 aromatic carbocycles. The minimum absolute atomic E-state index is 0.0193. The zero-order valence-electron chi connectivity index (χ0n) is 13.6. The molecule has 2 rings (SSSR count). The molecule has 0 aliphatic carbocycles. The van der Waals surface area contributed by atoms with Crippen LogP contribution in [0.2, 0.25) is 0 Å². The quantitative estimate of drug-likeness (QED) is 0.804. The number of carbonyl (C=O) groups excluding carboxylic acids is 2. The van der Waals surface area contributed by atoms with E-state index >= 15 is 0 Å². The molecule has 1 N–H and O–H groups in total. The number of hydrogen-bond donors (Lipinski definition) is 1. The van der Waals surface area contributed by atoms with Gasteiger partial charge in [-0.3, -0.25) is 9.69 Å². The van der Waals surface area contributed by atoms with E-state index in [4.69, 9.17) is 15.3 Å². The number of nitriles is 2. The zero-order valence-corrected chi connectivity index (χ0v) is 13.6. The minimum Gasteiger partial charge on any atom is -0.497 e. The van der Waals surface area contributed by atoms with Gasteiger partial charge in [0.05, 0.1) is 25.2 Å². The van der Waals surface area contributed by atoms with Crippen molar-refractivity contribution in [2.75, 3.05) is 13.7 Å². The Hall–Kier alpha value is -3.06. The van der Waals surface area contributed by atoms with E-state index in [-0.39, 0.29) is 13.0 Å². The van der Waals surface area contributed by atoms with Gasteiger partial charge in [0.15, 0.2) is 0 Å². The van der Waals surface area contributed by atoms with Gasteiger partial charge in [0.2, 0.25) is 0 Å². The van der Waals surface area contributed by atoms with Gasteiger partial charge in [-0.1, -0.05) is 12.1 Å². The normalized spacial score (nSPS) is 20.9. The molecule has 3 amide bonds. The van der Waals surface area contributed by atoms with Crippen molar-refractivity contribution >= 4 is 11.9 Å². The summed E-state index contributed by atoms with van der Waals surface area (Å²) >= 11 is 0. The molecule has 24 heavy (non-hydrogen) atoms. The van der Waals surface area contributed by atoms with Gasteiger partial charge >= 0.3 is 6.03 Å². The number of nitrogens with zero attached hydrogens (tertiary/aromatic N) is 3. The maximum atomic E-state index is 12.8. The van der Waals surface area contributed by atoms with Gasteiger partial charge in [0.25, 0.3) is 5.91 Å². The number of hydrogen-bond acceptors (Lipinski definition) is 5. The SMILES string of the molecule is COc1ccc([C@]2(C)NC(=O)N(C[C@H](C#N)CCC#N)C2=O)cc1. The predicted octanol–water partition coefficient (Wildman–Crippen LogP) is 1.91.